The Labute approximate surface area is 142 Å². The van der Waals surface area contributed by atoms with Crippen molar-refractivity contribution in [1.29, 1.82) is 0 Å². The largest absolute Gasteiger partial charge is 0.335 e. The second-order valence-corrected chi connectivity index (χ2v) is 6.52. The molecule has 1 amide bonds. The van der Waals surface area contributed by atoms with Gasteiger partial charge in [-0.25, -0.2) is 0 Å². The van der Waals surface area contributed by atoms with Crippen LogP contribution in [0.15, 0.2) is 35.1 Å². The van der Waals surface area contributed by atoms with Crippen molar-refractivity contribution in [2.24, 2.45) is 0 Å². The van der Waals surface area contributed by atoms with E-state index in [9.17, 15) is 9.59 Å². The van der Waals surface area contributed by atoms with Gasteiger partial charge in [-0.15, -0.1) is 0 Å². The van der Waals surface area contributed by atoms with Crippen molar-refractivity contribution in [2.45, 2.75) is 26.3 Å². The number of hydrogen-bond donors (Lipinski definition) is 0. The maximum Gasteiger partial charge on any atom is 0.270 e. The van der Waals surface area contributed by atoms with Crippen LogP contribution in [0.2, 0.25) is 0 Å². The molecule has 0 atom stereocenters. The topological polar surface area (TPSA) is 45.6 Å². The molecule has 0 aliphatic carbocycles. The maximum absolute atomic E-state index is 13.0. The van der Waals surface area contributed by atoms with Gasteiger partial charge in [0.15, 0.2) is 0 Å². The Bertz CT molecular complexity index is 789. The molecule has 1 aliphatic heterocycles. The van der Waals surface area contributed by atoms with E-state index >= 15 is 0 Å². The second kappa shape index (κ2) is 7.18. The molecule has 5 heteroatoms. The first-order valence-electron chi connectivity index (χ1n) is 8.72. The number of pyridine rings is 1. The van der Waals surface area contributed by atoms with Gasteiger partial charge < -0.3 is 14.4 Å². The smallest absolute Gasteiger partial charge is 0.270 e. The Morgan fingerprint density at radius 2 is 1.83 bits per heavy atom. The number of rotatable bonds is 4. The lowest BCUT2D eigenvalue weighted by Crippen LogP contribution is -2.48. The predicted octanol–water partition coefficient (Wildman–Crippen LogP) is 2.19. The van der Waals surface area contributed by atoms with Crippen LogP contribution in [0.5, 0.6) is 0 Å². The van der Waals surface area contributed by atoms with Crippen molar-refractivity contribution in [3.8, 4) is 0 Å². The molecular formula is C19H25N3O2. The van der Waals surface area contributed by atoms with Crippen LogP contribution in [-0.2, 0) is 6.54 Å². The SMILES string of the molecule is CCCCn1c(C(=O)N2CCN(C)CC2)cc2ccccc2c1=O. The van der Waals surface area contributed by atoms with Crippen molar-refractivity contribution in [3.63, 3.8) is 0 Å². The van der Waals surface area contributed by atoms with Crippen molar-refractivity contribution >= 4 is 16.7 Å². The molecule has 0 N–H and O–H groups in total. The van der Waals surface area contributed by atoms with Crippen LogP contribution in [0, 0.1) is 0 Å². The maximum atomic E-state index is 13.0. The van der Waals surface area contributed by atoms with Crippen LogP contribution < -0.4 is 5.56 Å². The average Bonchev–Trinajstić information content (AvgIpc) is 2.61. The molecule has 1 fully saturated rings. The van der Waals surface area contributed by atoms with E-state index < -0.39 is 0 Å². The minimum atomic E-state index is -0.0565. The first kappa shape index (κ1) is 16.7. The summed E-state index contributed by atoms with van der Waals surface area (Å²) in [5.74, 6) is -0.0259. The molecule has 0 unspecified atom stereocenters. The third-order valence-electron chi connectivity index (χ3n) is 4.76. The quantitative estimate of drug-likeness (QED) is 0.865. The van der Waals surface area contributed by atoms with Crippen LogP contribution >= 0.6 is 0 Å². The lowest BCUT2D eigenvalue weighted by Gasteiger charge is -2.33. The molecule has 0 bridgehead atoms. The summed E-state index contributed by atoms with van der Waals surface area (Å²) in [6.45, 7) is 5.86. The Morgan fingerprint density at radius 3 is 2.54 bits per heavy atom. The van der Waals surface area contributed by atoms with E-state index in [0.29, 0.717) is 30.7 Å². The normalized spacial score (nSPS) is 15.8. The van der Waals surface area contributed by atoms with Crippen LogP contribution in [-0.4, -0.2) is 53.5 Å². The number of aromatic nitrogens is 1. The summed E-state index contributed by atoms with van der Waals surface area (Å²) < 4.78 is 1.67. The Hall–Kier alpha value is -2.14. The van der Waals surface area contributed by atoms with Crippen LogP contribution in [0.3, 0.4) is 0 Å². The monoisotopic (exact) mass is 327 g/mol. The molecule has 1 aromatic heterocycles. The first-order valence-corrected chi connectivity index (χ1v) is 8.72. The summed E-state index contributed by atoms with van der Waals surface area (Å²) in [6.07, 6.45) is 1.88. The molecule has 3 rings (SSSR count). The van der Waals surface area contributed by atoms with Gasteiger partial charge in [0, 0.05) is 38.1 Å². The van der Waals surface area contributed by atoms with Crippen LogP contribution in [0.1, 0.15) is 30.3 Å². The third kappa shape index (κ3) is 3.22. The lowest BCUT2D eigenvalue weighted by molar-refractivity contribution is 0.0651. The molecule has 1 saturated heterocycles. The number of fused-ring (bicyclic) bond motifs is 1. The number of piperazine rings is 1. The van der Waals surface area contributed by atoms with Gasteiger partial charge in [0.1, 0.15) is 5.69 Å². The Balaban J connectivity index is 2.04. The van der Waals surface area contributed by atoms with Crippen molar-refractivity contribution in [1.82, 2.24) is 14.4 Å². The molecule has 1 aliphatic rings. The van der Waals surface area contributed by atoms with Crippen LogP contribution in [0.4, 0.5) is 0 Å². The van der Waals surface area contributed by atoms with Crippen molar-refractivity contribution in [2.75, 3.05) is 33.2 Å². The molecule has 24 heavy (non-hydrogen) atoms. The number of benzene rings is 1. The van der Waals surface area contributed by atoms with E-state index in [1.54, 1.807) is 4.57 Å². The third-order valence-corrected chi connectivity index (χ3v) is 4.76. The highest BCUT2D eigenvalue weighted by atomic mass is 16.2. The molecule has 5 nitrogen and oxygen atoms in total. The minimum Gasteiger partial charge on any atom is -0.335 e. The number of amides is 1. The second-order valence-electron chi connectivity index (χ2n) is 6.52. The van der Waals surface area contributed by atoms with Crippen molar-refractivity contribution in [3.05, 3.63) is 46.4 Å². The molecular weight excluding hydrogens is 302 g/mol. The number of carbonyl (C=O) groups excluding carboxylic acids is 1. The summed E-state index contributed by atoms with van der Waals surface area (Å²) in [4.78, 5) is 30.0. The van der Waals surface area contributed by atoms with E-state index in [0.717, 1.165) is 31.3 Å². The summed E-state index contributed by atoms with van der Waals surface area (Å²) in [7, 11) is 2.06. The predicted molar refractivity (Wildman–Crippen MR) is 96.5 cm³/mol. The van der Waals surface area contributed by atoms with Crippen LogP contribution in [0.25, 0.3) is 10.8 Å². The fraction of sp³-hybridized carbons (Fsp3) is 0.474. The minimum absolute atomic E-state index is 0.0259. The number of carbonyl (C=O) groups is 1. The molecule has 0 spiro atoms. The highest BCUT2D eigenvalue weighted by Crippen LogP contribution is 2.15. The lowest BCUT2D eigenvalue weighted by atomic mass is 10.1. The zero-order valence-electron chi connectivity index (χ0n) is 14.5. The number of nitrogens with zero attached hydrogens (tertiary/aromatic N) is 3. The van der Waals surface area contributed by atoms with Crippen molar-refractivity contribution < 1.29 is 4.79 Å². The van der Waals surface area contributed by atoms with E-state index in [1.165, 1.54) is 0 Å². The van der Waals surface area contributed by atoms with E-state index in [2.05, 4.69) is 18.9 Å². The molecule has 2 heterocycles. The van der Waals surface area contributed by atoms with E-state index in [1.807, 2.05) is 35.2 Å². The first-order chi connectivity index (χ1) is 11.6. The van der Waals surface area contributed by atoms with Gasteiger partial charge in [0.25, 0.3) is 11.5 Å². The number of hydrogen-bond acceptors (Lipinski definition) is 3. The summed E-state index contributed by atoms with van der Waals surface area (Å²) in [5.41, 5.74) is 0.468. The highest BCUT2D eigenvalue weighted by Gasteiger charge is 2.23. The Morgan fingerprint density at radius 1 is 1.12 bits per heavy atom. The number of unbranched alkanes of at least 4 members (excludes halogenated alkanes) is 1. The zero-order valence-corrected chi connectivity index (χ0v) is 14.5. The van der Waals surface area contributed by atoms with Gasteiger partial charge in [0.2, 0.25) is 0 Å². The van der Waals surface area contributed by atoms with Gasteiger partial charge in [-0.05, 0) is 31.0 Å². The highest BCUT2D eigenvalue weighted by molar-refractivity contribution is 5.96. The van der Waals surface area contributed by atoms with E-state index in [4.69, 9.17) is 0 Å². The molecule has 0 saturated carbocycles. The summed E-state index contributed by atoms with van der Waals surface area (Å²) in [5, 5.41) is 1.52. The Kier molecular flexibility index (Phi) is 5.00. The molecule has 2 aromatic rings. The fourth-order valence-electron chi connectivity index (χ4n) is 3.18. The van der Waals surface area contributed by atoms with Gasteiger partial charge >= 0.3 is 0 Å². The summed E-state index contributed by atoms with van der Waals surface area (Å²) >= 11 is 0. The average molecular weight is 327 g/mol. The molecule has 128 valence electrons. The standard InChI is InChI=1S/C19H25N3O2/c1-3-4-9-22-17(19(24)21-12-10-20(2)11-13-21)14-15-7-5-6-8-16(15)18(22)23/h5-8,14H,3-4,9-13H2,1-2H3. The molecule has 1 aromatic carbocycles. The zero-order chi connectivity index (χ0) is 17.1. The van der Waals surface area contributed by atoms with Gasteiger partial charge in [0.05, 0.1) is 0 Å². The van der Waals surface area contributed by atoms with Gasteiger partial charge in [-0.1, -0.05) is 31.5 Å². The fourth-order valence-corrected chi connectivity index (χ4v) is 3.18. The van der Waals surface area contributed by atoms with E-state index in [-0.39, 0.29) is 11.5 Å². The van der Waals surface area contributed by atoms with Gasteiger partial charge in [-0.2, -0.15) is 0 Å². The number of likely N-dealkylation sites (N-methyl/N-ethyl adjacent to an activating group) is 1. The van der Waals surface area contributed by atoms with Gasteiger partial charge in [-0.3, -0.25) is 9.59 Å². The summed E-state index contributed by atoms with van der Waals surface area (Å²) in [6, 6.07) is 9.40. The molecule has 0 radical (unpaired) electrons.